The molecule has 2 aromatic rings. The molecule has 2 heteroatoms. The molecule has 2 nitrogen and oxygen atoms in total. The highest BCUT2D eigenvalue weighted by molar-refractivity contribution is 5.40. The fraction of sp³-hybridized carbons (Fsp3) is 0.333. The minimum absolute atomic E-state index is 0.193. The molecule has 1 unspecified atom stereocenters. The summed E-state index contributed by atoms with van der Waals surface area (Å²) in [4.78, 5) is 0. The van der Waals surface area contributed by atoms with E-state index in [2.05, 4.69) is 42.5 Å². The number of hydrogen-bond donors (Lipinski definition) is 0. The maximum Gasteiger partial charge on any atom is 0.0872 e. The van der Waals surface area contributed by atoms with Gasteiger partial charge in [0, 0.05) is 6.42 Å². The first kappa shape index (κ1) is 12.1. The highest BCUT2D eigenvalue weighted by Crippen LogP contribution is 2.34. The minimum atomic E-state index is 0.193. The quantitative estimate of drug-likeness (QED) is 0.785. The van der Waals surface area contributed by atoms with Crippen LogP contribution in [0.25, 0.3) is 0 Å². The standard InChI is InChI=1S/C18H18O2/c1-2-5-14-12-20-18(10-13(14)4-1)17-7-3-6-15-11-19-9-8-16(15)17/h1-7,18H,8-12H2. The maximum absolute atomic E-state index is 6.12. The molecule has 2 aromatic carbocycles. The Bertz CT molecular complexity index is 633. The number of fused-ring (bicyclic) bond motifs is 2. The van der Waals surface area contributed by atoms with Crippen LogP contribution < -0.4 is 0 Å². The van der Waals surface area contributed by atoms with Gasteiger partial charge in [0.15, 0.2) is 0 Å². The summed E-state index contributed by atoms with van der Waals surface area (Å²) >= 11 is 0. The van der Waals surface area contributed by atoms with Crippen molar-refractivity contribution >= 4 is 0 Å². The lowest BCUT2D eigenvalue weighted by atomic mass is 9.89. The van der Waals surface area contributed by atoms with E-state index >= 15 is 0 Å². The molecule has 0 saturated carbocycles. The van der Waals surface area contributed by atoms with Gasteiger partial charge in [-0.05, 0) is 34.2 Å². The van der Waals surface area contributed by atoms with Crippen LogP contribution in [0, 0.1) is 0 Å². The zero-order valence-corrected chi connectivity index (χ0v) is 11.5. The summed E-state index contributed by atoms with van der Waals surface area (Å²) < 4.78 is 11.7. The third-order valence-corrected chi connectivity index (χ3v) is 4.37. The van der Waals surface area contributed by atoms with E-state index in [1.54, 1.807) is 0 Å². The third kappa shape index (κ3) is 2.05. The van der Waals surface area contributed by atoms with Crippen molar-refractivity contribution in [3.8, 4) is 0 Å². The summed E-state index contributed by atoms with van der Waals surface area (Å²) in [5.41, 5.74) is 6.89. The number of benzene rings is 2. The van der Waals surface area contributed by atoms with Gasteiger partial charge in [-0.3, -0.25) is 0 Å². The molecule has 0 saturated heterocycles. The monoisotopic (exact) mass is 266 g/mol. The summed E-state index contributed by atoms with van der Waals surface area (Å²) in [6.07, 6.45) is 2.18. The van der Waals surface area contributed by atoms with Gasteiger partial charge in [0.1, 0.15) is 0 Å². The zero-order valence-electron chi connectivity index (χ0n) is 11.5. The van der Waals surface area contributed by atoms with E-state index in [9.17, 15) is 0 Å². The zero-order chi connectivity index (χ0) is 13.4. The molecule has 2 heterocycles. The summed E-state index contributed by atoms with van der Waals surface area (Å²) in [7, 11) is 0. The van der Waals surface area contributed by atoms with Gasteiger partial charge in [0.25, 0.3) is 0 Å². The fourth-order valence-corrected chi connectivity index (χ4v) is 3.30. The van der Waals surface area contributed by atoms with Crippen molar-refractivity contribution in [2.45, 2.75) is 32.2 Å². The molecule has 0 radical (unpaired) electrons. The minimum Gasteiger partial charge on any atom is -0.376 e. The van der Waals surface area contributed by atoms with E-state index in [0.717, 1.165) is 32.7 Å². The first-order chi connectivity index (χ1) is 9.92. The van der Waals surface area contributed by atoms with Gasteiger partial charge in [0.05, 0.1) is 25.9 Å². The molecule has 1 atom stereocenters. The molecule has 20 heavy (non-hydrogen) atoms. The predicted molar refractivity (Wildman–Crippen MR) is 77.5 cm³/mol. The predicted octanol–water partition coefficient (Wildman–Crippen LogP) is 3.57. The Hall–Kier alpha value is -1.64. The van der Waals surface area contributed by atoms with E-state index in [1.165, 1.54) is 27.8 Å². The molecular formula is C18H18O2. The average Bonchev–Trinajstić information content (AvgIpc) is 2.54. The summed E-state index contributed by atoms with van der Waals surface area (Å²) in [6.45, 7) is 2.29. The van der Waals surface area contributed by atoms with Gasteiger partial charge in [-0.2, -0.15) is 0 Å². The van der Waals surface area contributed by atoms with Crippen LogP contribution in [-0.2, 0) is 35.5 Å². The average molecular weight is 266 g/mol. The van der Waals surface area contributed by atoms with Gasteiger partial charge in [-0.15, -0.1) is 0 Å². The number of hydrogen-bond acceptors (Lipinski definition) is 2. The van der Waals surface area contributed by atoms with Gasteiger partial charge >= 0.3 is 0 Å². The van der Waals surface area contributed by atoms with Crippen LogP contribution in [0.5, 0.6) is 0 Å². The van der Waals surface area contributed by atoms with Gasteiger partial charge in [-0.25, -0.2) is 0 Å². The van der Waals surface area contributed by atoms with Crippen molar-refractivity contribution < 1.29 is 9.47 Å². The van der Waals surface area contributed by atoms with Crippen molar-refractivity contribution in [2.75, 3.05) is 6.61 Å². The van der Waals surface area contributed by atoms with Crippen molar-refractivity contribution in [3.63, 3.8) is 0 Å². The number of ether oxygens (including phenoxy) is 2. The van der Waals surface area contributed by atoms with E-state index < -0.39 is 0 Å². The molecule has 0 spiro atoms. The van der Waals surface area contributed by atoms with E-state index in [-0.39, 0.29) is 6.10 Å². The van der Waals surface area contributed by atoms with Crippen molar-refractivity contribution in [1.29, 1.82) is 0 Å². The molecule has 2 aliphatic heterocycles. The summed E-state index contributed by atoms with van der Waals surface area (Å²) in [5, 5.41) is 0. The van der Waals surface area contributed by atoms with Crippen molar-refractivity contribution in [1.82, 2.24) is 0 Å². The lowest BCUT2D eigenvalue weighted by molar-refractivity contribution is 0.0257. The second kappa shape index (κ2) is 5.04. The topological polar surface area (TPSA) is 18.5 Å². The molecule has 2 aliphatic rings. The largest absolute Gasteiger partial charge is 0.376 e. The van der Waals surface area contributed by atoms with Crippen LogP contribution in [0.1, 0.15) is 33.9 Å². The Balaban J connectivity index is 1.70. The van der Waals surface area contributed by atoms with Crippen LogP contribution in [0.2, 0.25) is 0 Å². The van der Waals surface area contributed by atoms with Crippen molar-refractivity contribution in [3.05, 3.63) is 70.3 Å². The number of rotatable bonds is 1. The third-order valence-electron chi connectivity index (χ3n) is 4.37. The van der Waals surface area contributed by atoms with Crippen LogP contribution in [0.3, 0.4) is 0 Å². The Morgan fingerprint density at radius 3 is 2.65 bits per heavy atom. The molecule has 102 valence electrons. The van der Waals surface area contributed by atoms with Crippen LogP contribution in [0.4, 0.5) is 0 Å². The van der Waals surface area contributed by atoms with Crippen LogP contribution in [0.15, 0.2) is 42.5 Å². The van der Waals surface area contributed by atoms with Gasteiger partial charge in [0.2, 0.25) is 0 Å². The molecule has 0 fully saturated rings. The molecule has 4 rings (SSSR count). The second-order valence-electron chi connectivity index (χ2n) is 5.56. The lowest BCUT2D eigenvalue weighted by Gasteiger charge is -2.29. The fourth-order valence-electron chi connectivity index (χ4n) is 3.30. The lowest BCUT2D eigenvalue weighted by Crippen LogP contribution is -2.20. The van der Waals surface area contributed by atoms with Crippen molar-refractivity contribution in [2.24, 2.45) is 0 Å². The smallest absolute Gasteiger partial charge is 0.0872 e. The Morgan fingerprint density at radius 1 is 0.850 bits per heavy atom. The summed E-state index contributed by atoms with van der Waals surface area (Å²) in [5.74, 6) is 0. The van der Waals surface area contributed by atoms with Gasteiger partial charge in [-0.1, -0.05) is 42.5 Å². The Kier molecular flexibility index (Phi) is 3.06. The molecule has 0 bridgehead atoms. The van der Waals surface area contributed by atoms with E-state index in [1.807, 2.05) is 0 Å². The Morgan fingerprint density at radius 2 is 1.70 bits per heavy atom. The van der Waals surface area contributed by atoms with E-state index in [0.29, 0.717) is 0 Å². The molecule has 0 aliphatic carbocycles. The Labute approximate surface area is 119 Å². The highest BCUT2D eigenvalue weighted by Gasteiger charge is 2.24. The second-order valence-corrected chi connectivity index (χ2v) is 5.56. The van der Waals surface area contributed by atoms with Crippen LogP contribution >= 0.6 is 0 Å². The first-order valence-corrected chi connectivity index (χ1v) is 7.28. The van der Waals surface area contributed by atoms with Gasteiger partial charge < -0.3 is 9.47 Å². The SMILES string of the molecule is c1ccc2c(c1)COC(c1cccc3c1CCOC3)C2. The highest BCUT2D eigenvalue weighted by atomic mass is 16.5. The normalized spacial score (nSPS) is 21.1. The first-order valence-electron chi connectivity index (χ1n) is 7.28. The molecule has 0 N–H and O–H groups in total. The maximum atomic E-state index is 6.12. The molecule has 0 aromatic heterocycles. The molecular weight excluding hydrogens is 248 g/mol. The summed E-state index contributed by atoms with van der Waals surface area (Å²) in [6, 6.07) is 15.1. The molecule has 0 amide bonds. The van der Waals surface area contributed by atoms with E-state index in [4.69, 9.17) is 9.47 Å². The van der Waals surface area contributed by atoms with Crippen LogP contribution in [-0.4, -0.2) is 6.61 Å².